The minimum atomic E-state index is 0.672. The number of nitrogens with zero attached hydrogens (tertiary/aromatic N) is 1. The number of ether oxygens (including phenoxy) is 1. The number of hydrogen-bond donors (Lipinski definition) is 1. The third kappa shape index (κ3) is 4.45. The molecule has 0 saturated heterocycles. The lowest BCUT2D eigenvalue weighted by Gasteiger charge is -2.10. The van der Waals surface area contributed by atoms with E-state index < -0.39 is 0 Å². The van der Waals surface area contributed by atoms with Crippen molar-refractivity contribution in [3.8, 4) is 11.6 Å². The molecule has 0 bridgehead atoms. The summed E-state index contributed by atoms with van der Waals surface area (Å²) in [5.74, 6) is 1.50. The minimum Gasteiger partial charge on any atom is -0.439 e. The monoisotopic (exact) mass is 382 g/mol. The highest BCUT2D eigenvalue weighted by atomic mass is 127. The normalized spacial score (nSPS) is 10.6. The molecule has 0 saturated carbocycles. The molecule has 0 fully saturated rings. The fourth-order valence-electron chi connectivity index (χ4n) is 1.88. The Labute approximate surface area is 133 Å². The van der Waals surface area contributed by atoms with Crippen LogP contribution in [0, 0.1) is 10.5 Å². The van der Waals surface area contributed by atoms with Crippen LogP contribution in [0.5, 0.6) is 11.6 Å². The maximum Gasteiger partial charge on any atom is 0.222 e. The fraction of sp³-hybridized carbons (Fsp3) is 0.312. The number of halogens is 1. The standard InChI is InChI=1S/C16H19IN2O/c1-3-7-18-10-13-8-12(2)16(19-11-13)20-15-6-4-5-14(17)9-15/h4-6,8-9,11,18H,3,7,10H2,1-2H3. The SMILES string of the molecule is CCCNCc1cnc(Oc2cccc(I)c2)c(C)c1. The third-order valence-corrected chi connectivity index (χ3v) is 3.52. The molecule has 2 aromatic rings. The Morgan fingerprint density at radius 1 is 1.30 bits per heavy atom. The summed E-state index contributed by atoms with van der Waals surface area (Å²) < 4.78 is 6.99. The second-order valence-electron chi connectivity index (χ2n) is 4.70. The summed E-state index contributed by atoms with van der Waals surface area (Å²) in [5.41, 5.74) is 2.24. The maximum atomic E-state index is 5.83. The van der Waals surface area contributed by atoms with E-state index in [0.717, 1.165) is 34.4 Å². The first-order valence-corrected chi connectivity index (χ1v) is 7.86. The highest BCUT2D eigenvalue weighted by molar-refractivity contribution is 14.1. The molecule has 1 aromatic carbocycles. The van der Waals surface area contributed by atoms with Crippen LogP contribution in [0.4, 0.5) is 0 Å². The molecular formula is C16H19IN2O. The average molecular weight is 382 g/mol. The Kier molecular flexibility index (Phi) is 5.79. The molecule has 1 N–H and O–H groups in total. The highest BCUT2D eigenvalue weighted by Crippen LogP contribution is 2.24. The highest BCUT2D eigenvalue weighted by Gasteiger charge is 2.05. The number of nitrogens with one attached hydrogen (secondary N) is 1. The molecule has 0 aliphatic rings. The number of aryl methyl sites for hydroxylation is 1. The molecule has 3 nitrogen and oxygen atoms in total. The number of pyridine rings is 1. The number of aromatic nitrogens is 1. The average Bonchev–Trinajstić information content (AvgIpc) is 2.42. The summed E-state index contributed by atoms with van der Waals surface area (Å²) >= 11 is 2.27. The van der Waals surface area contributed by atoms with Crippen molar-refractivity contribution < 1.29 is 4.74 Å². The van der Waals surface area contributed by atoms with Crippen LogP contribution < -0.4 is 10.1 Å². The van der Waals surface area contributed by atoms with Crippen molar-refractivity contribution in [3.63, 3.8) is 0 Å². The predicted molar refractivity (Wildman–Crippen MR) is 90.2 cm³/mol. The molecule has 0 aliphatic heterocycles. The van der Waals surface area contributed by atoms with E-state index in [-0.39, 0.29) is 0 Å². The lowest BCUT2D eigenvalue weighted by atomic mass is 10.2. The van der Waals surface area contributed by atoms with Gasteiger partial charge in [0.2, 0.25) is 5.88 Å². The van der Waals surface area contributed by atoms with Gasteiger partial charge >= 0.3 is 0 Å². The molecule has 1 aromatic heterocycles. The van der Waals surface area contributed by atoms with Crippen LogP contribution in [0.1, 0.15) is 24.5 Å². The zero-order chi connectivity index (χ0) is 14.4. The van der Waals surface area contributed by atoms with E-state index in [9.17, 15) is 0 Å². The Balaban J connectivity index is 2.06. The van der Waals surface area contributed by atoms with E-state index in [1.807, 2.05) is 37.4 Å². The Morgan fingerprint density at radius 2 is 2.15 bits per heavy atom. The number of benzene rings is 1. The Bertz CT molecular complexity index is 572. The summed E-state index contributed by atoms with van der Waals surface area (Å²) in [6, 6.07) is 10.1. The molecule has 0 aliphatic carbocycles. The van der Waals surface area contributed by atoms with Crippen molar-refractivity contribution in [2.75, 3.05) is 6.54 Å². The van der Waals surface area contributed by atoms with Gasteiger partial charge in [-0.2, -0.15) is 0 Å². The van der Waals surface area contributed by atoms with Gasteiger partial charge in [0.05, 0.1) is 0 Å². The van der Waals surface area contributed by atoms with Crippen molar-refractivity contribution in [3.05, 3.63) is 51.2 Å². The van der Waals surface area contributed by atoms with Crippen molar-refractivity contribution in [2.24, 2.45) is 0 Å². The molecular weight excluding hydrogens is 363 g/mol. The number of rotatable bonds is 6. The summed E-state index contributed by atoms with van der Waals surface area (Å²) in [7, 11) is 0. The van der Waals surface area contributed by atoms with Crippen LogP contribution >= 0.6 is 22.6 Å². The zero-order valence-electron chi connectivity index (χ0n) is 11.8. The quantitative estimate of drug-likeness (QED) is 0.598. The van der Waals surface area contributed by atoms with E-state index in [0.29, 0.717) is 5.88 Å². The first-order chi connectivity index (χ1) is 9.69. The Morgan fingerprint density at radius 3 is 2.85 bits per heavy atom. The molecule has 1 heterocycles. The van der Waals surface area contributed by atoms with Gasteiger partial charge in [-0.15, -0.1) is 0 Å². The predicted octanol–water partition coefficient (Wildman–Crippen LogP) is 4.29. The largest absolute Gasteiger partial charge is 0.439 e. The van der Waals surface area contributed by atoms with E-state index in [1.165, 1.54) is 5.56 Å². The van der Waals surface area contributed by atoms with Gasteiger partial charge in [-0.25, -0.2) is 4.98 Å². The summed E-state index contributed by atoms with van der Waals surface area (Å²) in [6.45, 7) is 6.07. The van der Waals surface area contributed by atoms with Crippen LogP contribution in [0.3, 0.4) is 0 Å². The Hall–Kier alpha value is -1.14. The second-order valence-corrected chi connectivity index (χ2v) is 5.95. The molecule has 0 spiro atoms. The van der Waals surface area contributed by atoms with E-state index in [1.54, 1.807) is 0 Å². The molecule has 4 heteroatoms. The molecule has 0 unspecified atom stereocenters. The molecule has 2 rings (SSSR count). The first-order valence-electron chi connectivity index (χ1n) is 6.78. The topological polar surface area (TPSA) is 34.2 Å². The van der Waals surface area contributed by atoms with E-state index >= 15 is 0 Å². The molecule has 0 amide bonds. The van der Waals surface area contributed by atoms with Crippen LogP contribution in [0.2, 0.25) is 0 Å². The summed E-state index contributed by atoms with van der Waals surface area (Å²) in [4.78, 5) is 4.42. The summed E-state index contributed by atoms with van der Waals surface area (Å²) in [6.07, 6.45) is 3.01. The molecule has 0 atom stereocenters. The first kappa shape index (κ1) is 15.3. The smallest absolute Gasteiger partial charge is 0.222 e. The third-order valence-electron chi connectivity index (χ3n) is 2.85. The summed E-state index contributed by atoms with van der Waals surface area (Å²) in [5, 5.41) is 3.37. The van der Waals surface area contributed by atoms with Gasteiger partial charge in [-0.05, 0) is 72.3 Å². The minimum absolute atomic E-state index is 0.672. The lowest BCUT2D eigenvalue weighted by molar-refractivity contribution is 0.458. The molecule has 20 heavy (non-hydrogen) atoms. The van der Waals surface area contributed by atoms with Crippen LogP contribution in [-0.4, -0.2) is 11.5 Å². The van der Waals surface area contributed by atoms with Gasteiger partial charge in [0, 0.05) is 21.9 Å². The fourth-order valence-corrected chi connectivity index (χ4v) is 2.39. The van der Waals surface area contributed by atoms with Crippen molar-refractivity contribution in [2.45, 2.75) is 26.8 Å². The van der Waals surface area contributed by atoms with Gasteiger partial charge in [-0.3, -0.25) is 0 Å². The van der Waals surface area contributed by atoms with Gasteiger partial charge < -0.3 is 10.1 Å². The van der Waals surface area contributed by atoms with Crippen molar-refractivity contribution in [1.29, 1.82) is 0 Å². The second kappa shape index (κ2) is 7.59. The number of hydrogen-bond acceptors (Lipinski definition) is 3. The van der Waals surface area contributed by atoms with Gasteiger partial charge in [0.25, 0.3) is 0 Å². The van der Waals surface area contributed by atoms with Crippen molar-refractivity contribution >= 4 is 22.6 Å². The lowest BCUT2D eigenvalue weighted by Crippen LogP contribution is -2.14. The van der Waals surface area contributed by atoms with Crippen LogP contribution in [-0.2, 0) is 6.54 Å². The van der Waals surface area contributed by atoms with E-state index in [2.05, 4.69) is 45.9 Å². The van der Waals surface area contributed by atoms with Gasteiger partial charge in [0.15, 0.2) is 0 Å². The van der Waals surface area contributed by atoms with Crippen LogP contribution in [0.15, 0.2) is 36.5 Å². The van der Waals surface area contributed by atoms with Crippen molar-refractivity contribution in [1.82, 2.24) is 10.3 Å². The van der Waals surface area contributed by atoms with Gasteiger partial charge in [0.1, 0.15) is 5.75 Å². The van der Waals surface area contributed by atoms with Gasteiger partial charge in [-0.1, -0.05) is 13.0 Å². The molecule has 0 radical (unpaired) electrons. The molecule has 106 valence electrons. The zero-order valence-corrected chi connectivity index (χ0v) is 14.0. The maximum absolute atomic E-state index is 5.83. The van der Waals surface area contributed by atoms with E-state index in [4.69, 9.17) is 4.74 Å². The van der Waals surface area contributed by atoms with Crippen LogP contribution in [0.25, 0.3) is 0 Å².